The Morgan fingerprint density at radius 3 is 2.89 bits per heavy atom. The second-order valence-corrected chi connectivity index (χ2v) is 6.96. The summed E-state index contributed by atoms with van der Waals surface area (Å²) in [7, 11) is 1.67. The number of hydrogen-bond acceptors (Lipinski definition) is 5. The molecule has 3 rings (SSSR count). The minimum absolute atomic E-state index is 0.130. The van der Waals surface area contributed by atoms with Gasteiger partial charge in [0.2, 0.25) is 5.91 Å². The normalized spacial score (nSPS) is 20.6. The van der Waals surface area contributed by atoms with E-state index in [4.69, 9.17) is 9.47 Å². The second kappa shape index (κ2) is 9.70. The Balaban J connectivity index is 1.50. The van der Waals surface area contributed by atoms with E-state index < -0.39 is 0 Å². The molecule has 0 aromatic carbocycles. The van der Waals surface area contributed by atoms with Gasteiger partial charge < -0.3 is 19.3 Å². The van der Waals surface area contributed by atoms with E-state index in [1.165, 1.54) is 0 Å². The molecule has 0 unspecified atom stereocenters. The summed E-state index contributed by atoms with van der Waals surface area (Å²) < 4.78 is 12.1. The fourth-order valence-corrected chi connectivity index (χ4v) is 3.52. The van der Waals surface area contributed by atoms with Gasteiger partial charge >= 0.3 is 6.03 Å². The summed E-state index contributed by atoms with van der Waals surface area (Å²) in [4.78, 5) is 28.9. The predicted octanol–water partition coefficient (Wildman–Crippen LogP) is 1.02. The number of anilines is 1. The number of piperidine rings is 1. The molecule has 2 aliphatic rings. The number of rotatable bonds is 6. The van der Waals surface area contributed by atoms with Crippen molar-refractivity contribution in [3.8, 4) is 0 Å². The van der Waals surface area contributed by atoms with Crippen molar-refractivity contribution in [3.05, 3.63) is 12.3 Å². The Labute approximate surface area is 159 Å². The lowest BCUT2D eigenvalue weighted by Crippen LogP contribution is -2.50. The molecule has 1 aromatic heterocycles. The van der Waals surface area contributed by atoms with Crippen molar-refractivity contribution < 1.29 is 19.1 Å². The van der Waals surface area contributed by atoms with Crippen LogP contribution in [-0.4, -0.2) is 84.6 Å². The molecule has 0 saturated carbocycles. The van der Waals surface area contributed by atoms with Gasteiger partial charge in [-0.05, 0) is 19.3 Å². The standard InChI is InChI=1S/C18H29N5O4/c1-26-11-3-7-23-8-5-16(20-23)19-18(25)22-6-2-4-15(14-22)17(24)21-9-12-27-13-10-21/h5,8,15H,2-4,6-7,9-14H2,1H3,(H,19,20,25)/t15-/m1/s1. The third kappa shape index (κ3) is 5.43. The topological polar surface area (TPSA) is 88.9 Å². The highest BCUT2D eigenvalue weighted by Crippen LogP contribution is 2.20. The molecule has 1 atom stereocenters. The van der Waals surface area contributed by atoms with E-state index in [1.807, 2.05) is 11.1 Å². The number of likely N-dealkylation sites (tertiary alicyclic amines) is 1. The van der Waals surface area contributed by atoms with Gasteiger partial charge in [-0.3, -0.25) is 14.8 Å². The summed E-state index contributed by atoms with van der Waals surface area (Å²) in [5.41, 5.74) is 0. The number of ether oxygens (including phenoxy) is 2. The molecule has 27 heavy (non-hydrogen) atoms. The third-order valence-electron chi connectivity index (χ3n) is 4.99. The van der Waals surface area contributed by atoms with Crippen molar-refractivity contribution in [3.63, 3.8) is 0 Å². The minimum atomic E-state index is -0.198. The summed E-state index contributed by atoms with van der Waals surface area (Å²) in [6.07, 6.45) is 4.36. The molecule has 2 saturated heterocycles. The minimum Gasteiger partial charge on any atom is -0.385 e. The maximum Gasteiger partial charge on any atom is 0.323 e. The fraction of sp³-hybridized carbons (Fsp3) is 0.722. The summed E-state index contributed by atoms with van der Waals surface area (Å²) in [6, 6.07) is 1.59. The molecular formula is C18H29N5O4. The summed E-state index contributed by atoms with van der Waals surface area (Å²) in [6.45, 7) is 5.00. The van der Waals surface area contributed by atoms with Crippen molar-refractivity contribution in [2.45, 2.75) is 25.8 Å². The lowest BCUT2D eigenvalue weighted by molar-refractivity contribution is -0.141. The largest absolute Gasteiger partial charge is 0.385 e. The van der Waals surface area contributed by atoms with Crippen molar-refractivity contribution >= 4 is 17.8 Å². The first-order chi connectivity index (χ1) is 13.2. The maximum absolute atomic E-state index is 12.7. The van der Waals surface area contributed by atoms with Crippen LogP contribution in [0.4, 0.5) is 10.6 Å². The van der Waals surface area contributed by atoms with Crippen LogP contribution in [0.3, 0.4) is 0 Å². The molecule has 1 N–H and O–H groups in total. The number of nitrogens with zero attached hydrogens (tertiary/aromatic N) is 4. The molecule has 2 aliphatic heterocycles. The Hall–Kier alpha value is -2.13. The highest BCUT2D eigenvalue weighted by molar-refractivity contribution is 5.89. The second-order valence-electron chi connectivity index (χ2n) is 6.96. The molecule has 2 fully saturated rings. The van der Waals surface area contributed by atoms with Crippen LogP contribution in [0.1, 0.15) is 19.3 Å². The number of aromatic nitrogens is 2. The average molecular weight is 379 g/mol. The van der Waals surface area contributed by atoms with Crippen molar-refractivity contribution in [2.75, 3.05) is 58.4 Å². The number of carbonyl (C=O) groups is 2. The fourth-order valence-electron chi connectivity index (χ4n) is 3.52. The number of nitrogens with one attached hydrogen (secondary N) is 1. The first-order valence-corrected chi connectivity index (χ1v) is 9.62. The van der Waals surface area contributed by atoms with Crippen LogP contribution in [-0.2, 0) is 20.8 Å². The first-order valence-electron chi connectivity index (χ1n) is 9.62. The third-order valence-corrected chi connectivity index (χ3v) is 4.99. The molecule has 0 aliphatic carbocycles. The van der Waals surface area contributed by atoms with Gasteiger partial charge in [0, 0.05) is 58.7 Å². The van der Waals surface area contributed by atoms with Gasteiger partial charge in [0.25, 0.3) is 0 Å². The number of urea groups is 1. The van der Waals surface area contributed by atoms with Gasteiger partial charge in [-0.2, -0.15) is 5.10 Å². The van der Waals surface area contributed by atoms with E-state index in [9.17, 15) is 9.59 Å². The summed E-state index contributed by atoms with van der Waals surface area (Å²) in [5.74, 6) is 0.534. The Kier molecular flexibility index (Phi) is 7.05. The zero-order valence-electron chi connectivity index (χ0n) is 15.9. The molecule has 3 heterocycles. The molecular weight excluding hydrogens is 350 g/mol. The maximum atomic E-state index is 12.7. The van der Waals surface area contributed by atoms with Gasteiger partial charge in [-0.15, -0.1) is 0 Å². The van der Waals surface area contributed by atoms with Crippen molar-refractivity contribution in [2.24, 2.45) is 5.92 Å². The van der Waals surface area contributed by atoms with Crippen LogP contribution in [0.2, 0.25) is 0 Å². The SMILES string of the molecule is COCCCn1ccc(NC(=O)N2CCC[C@@H](C(=O)N3CCOCC3)C2)n1. The van der Waals surface area contributed by atoms with E-state index >= 15 is 0 Å². The molecule has 150 valence electrons. The zero-order chi connectivity index (χ0) is 19.1. The van der Waals surface area contributed by atoms with Crippen LogP contribution in [0.25, 0.3) is 0 Å². The number of aryl methyl sites for hydroxylation is 1. The van der Waals surface area contributed by atoms with Crippen LogP contribution < -0.4 is 5.32 Å². The van der Waals surface area contributed by atoms with Gasteiger partial charge in [0.15, 0.2) is 5.82 Å². The number of morpholine rings is 1. The summed E-state index contributed by atoms with van der Waals surface area (Å²) >= 11 is 0. The molecule has 1 aromatic rings. The first kappa shape index (κ1) is 19.6. The molecule has 0 radical (unpaired) electrons. The van der Waals surface area contributed by atoms with E-state index in [2.05, 4.69) is 10.4 Å². The number of amides is 3. The van der Waals surface area contributed by atoms with Gasteiger partial charge in [-0.25, -0.2) is 4.79 Å². The number of carbonyl (C=O) groups excluding carboxylic acids is 2. The smallest absolute Gasteiger partial charge is 0.323 e. The summed E-state index contributed by atoms with van der Waals surface area (Å²) in [5, 5.41) is 7.20. The lowest BCUT2D eigenvalue weighted by atomic mass is 9.96. The monoisotopic (exact) mass is 379 g/mol. The van der Waals surface area contributed by atoms with E-state index in [0.717, 1.165) is 25.8 Å². The van der Waals surface area contributed by atoms with Crippen LogP contribution in [0, 0.1) is 5.92 Å². The quantitative estimate of drug-likeness (QED) is 0.746. The number of methoxy groups -OCH3 is 1. The van der Waals surface area contributed by atoms with E-state index in [1.54, 1.807) is 22.8 Å². The van der Waals surface area contributed by atoms with E-state index in [0.29, 0.717) is 51.8 Å². The highest BCUT2D eigenvalue weighted by atomic mass is 16.5. The van der Waals surface area contributed by atoms with Crippen LogP contribution in [0.5, 0.6) is 0 Å². The van der Waals surface area contributed by atoms with E-state index in [-0.39, 0.29) is 17.9 Å². The highest BCUT2D eigenvalue weighted by Gasteiger charge is 2.32. The Bertz CT molecular complexity index is 629. The zero-order valence-corrected chi connectivity index (χ0v) is 15.9. The predicted molar refractivity (Wildman–Crippen MR) is 99.4 cm³/mol. The Morgan fingerprint density at radius 1 is 1.30 bits per heavy atom. The average Bonchev–Trinajstić information content (AvgIpc) is 3.15. The number of hydrogen-bond donors (Lipinski definition) is 1. The van der Waals surface area contributed by atoms with Crippen LogP contribution in [0.15, 0.2) is 12.3 Å². The molecule has 3 amide bonds. The van der Waals surface area contributed by atoms with Gasteiger partial charge in [0.1, 0.15) is 0 Å². The molecule has 9 nitrogen and oxygen atoms in total. The van der Waals surface area contributed by atoms with Crippen molar-refractivity contribution in [1.82, 2.24) is 19.6 Å². The molecule has 9 heteroatoms. The molecule has 0 bridgehead atoms. The molecule has 0 spiro atoms. The lowest BCUT2D eigenvalue weighted by Gasteiger charge is -2.36. The van der Waals surface area contributed by atoms with Gasteiger partial charge in [0.05, 0.1) is 19.1 Å². The van der Waals surface area contributed by atoms with Crippen LogP contribution >= 0.6 is 0 Å². The van der Waals surface area contributed by atoms with Crippen molar-refractivity contribution in [1.29, 1.82) is 0 Å². The van der Waals surface area contributed by atoms with Gasteiger partial charge in [-0.1, -0.05) is 0 Å². The Morgan fingerprint density at radius 2 is 2.11 bits per heavy atom.